The second-order valence-corrected chi connectivity index (χ2v) is 6.16. The van der Waals surface area contributed by atoms with E-state index < -0.39 is 0 Å². The van der Waals surface area contributed by atoms with Gasteiger partial charge in [-0.3, -0.25) is 5.43 Å². The van der Waals surface area contributed by atoms with Gasteiger partial charge in [0.05, 0.1) is 26.1 Å². The van der Waals surface area contributed by atoms with Crippen molar-refractivity contribution in [3.05, 3.63) is 34.3 Å². The standard InChI is InChI=1S/C16H19N3O2S/c1-20-13-8-7-11(9-14(13)21-2)10-17-19-16-18-12-5-3-4-6-15(12)22-16/h7-10H,3-6H2,1-2H3,(H,18,19)/b17-10-. The summed E-state index contributed by atoms with van der Waals surface area (Å²) in [5.41, 5.74) is 5.19. The van der Waals surface area contributed by atoms with Gasteiger partial charge in [0.15, 0.2) is 11.5 Å². The number of ether oxygens (including phenoxy) is 2. The number of thiazole rings is 1. The molecule has 0 unspecified atom stereocenters. The number of hydrogen-bond donors (Lipinski definition) is 1. The first-order valence-corrected chi connectivity index (χ1v) is 8.11. The van der Waals surface area contributed by atoms with E-state index in [4.69, 9.17) is 9.47 Å². The lowest BCUT2D eigenvalue weighted by atomic mass is 10.0. The molecule has 1 aromatic heterocycles. The number of benzene rings is 1. The van der Waals surface area contributed by atoms with Crippen LogP contribution in [-0.4, -0.2) is 25.4 Å². The Morgan fingerprint density at radius 2 is 2.00 bits per heavy atom. The van der Waals surface area contributed by atoms with E-state index in [2.05, 4.69) is 15.5 Å². The quantitative estimate of drug-likeness (QED) is 0.677. The summed E-state index contributed by atoms with van der Waals surface area (Å²) in [5.74, 6) is 1.40. The molecule has 2 aromatic rings. The molecule has 116 valence electrons. The lowest BCUT2D eigenvalue weighted by Crippen LogP contribution is -1.99. The monoisotopic (exact) mass is 317 g/mol. The van der Waals surface area contributed by atoms with E-state index in [1.54, 1.807) is 31.8 Å². The fourth-order valence-corrected chi connectivity index (χ4v) is 3.49. The Bertz CT molecular complexity index is 659. The molecule has 0 atom stereocenters. The second kappa shape index (κ2) is 6.79. The Balaban J connectivity index is 1.68. The minimum Gasteiger partial charge on any atom is -0.493 e. The van der Waals surface area contributed by atoms with Gasteiger partial charge in [-0.05, 0) is 49.4 Å². The average Bonchev–Trinajstić information content (AvgIpc) is 2.97. The van der Waals surface area contributed by atoms with Crippen molar-refractivity contribution in [2.75, 3.05) is 19.6 Å². The van der Waals surface area contributed by atoms with Crippen LogP contribution in [0, 0.1) is 0 Å². The summed E-state index contributed by atoms with van der Waals surface area (Å²) in [6, 6.07) is 5.68. The van der Waals surface area contributed by atoms with Gasteiger partial charge >= 0.3 is 0 Å². The number of anilines is 1. The van der Waals surface area contributed by atoms with Crippen LogP contribution in [-0.2, 0) is 12.8 Å². The van der Waals surface area contributed by atoms with Crippen molar-refractivity contribution in [3.8, 4) is 11.5 Å². The summed E-state index contributed by atoms with van der Waals surface area (Å²) in [6.45, 7) is 0. The number of hydrogen-bond acceptors (Lipinski definition) is 6. The summed E-state index contributed by atoms with van der Waals surface area (Å²) in [5, 5.41) is 5.13. The van der Waals surface area contributed by atoms with Crippen molar-refractivity contribution in [3.63, 3.8) is 0 Å². The van der Waals surface area contributed by atoms with Gasteiger partial charge in [0.2, 0.25) is 5.13 Å². The first-order chi connectivity index (χ1) is 10.8. The van der Waals surface area contributed by atoms with E-state index in [0.717, 1.165) is 23.5 Å². The molecule has 1 N–H and O–H groups in total. The highest BCUT2D eigenvalue weighted by atomic mass is 32.1. The normalized spacial score (nSPS) is 13.9. The summed E-state index contributed by atoms with van der Waals surface area (Å²) >= 11 is 1.70. The third-order valence-corrected chi connectivity index (χ3v) is 4.69. The minimum atomic E-state index is 0.691. The zero-order valence-electron chi connectivity index (χ0n) is 12.8. The highest BCUT2D eigenvalue weighted by molar-refractivity contribution is 7.15. The van der Waals surface area contributed by atoms with Gasteiger partial charge in [-0.2, -0.15) is 5.10 Å². The summed E-state index contributed by atoms with van der Waals surface area (Å²) in [6.07, 6.45) is 6.50. The van der Waals surface area contributed by atoms with Crippen LogP contribution in [0.2, 0.25) is 0 Å². The molecule has 0 radical (unpaired) electrons. The third-order valence-electron chi connectivity index (χ3n) is 3.63. The molecule has 0 saturated carbocycles. The molecule has 6 heteroatoms. The highest BCUT2D eigenvalue weighted by Gasteiger charge is 2.14. The number of aryl methyl sites for hydroxylation is 2. The molecule has 22 heavy (non-hydrogen) atoms. The van der Waals surface area contributed by atoms with Gasteiger partial charge in [-0.15, -0.1) is 11.3 Å². The number of nitrogens with zero attached hydrogens (tertiary/aromatic N) is 2. The molecule has 1 heterocycles. The molecule has 0 fully saturated rings. The zero-order valence-corrected chi connectivity index (χ0v) is 13.6. The summed E-state index contributed by atoms with van der Waals surface area (Å²) in [4.78, 5) is 5.99. The first-order valence-electron chi connectivity index (χ1n) is 7.30. The molecule has 0 saturated heterocycles. The van der Waals surface area contributed by atoms with Crippen LogP contribution in [0.25, 0.3) is 0 Å². The van der Waals surface area contributed by atoms with Gasteiger partial charge in [0.25, 0.3) is 0 Å². The fraction of sp³-hybridized carbons (Fsp3) is 0.375. The van der Waals surface area contributed by atoms with Gasteiger partial charge in [-0.1, -0.05) is 0 Å². The molecule has 1 aliphatic carbocycles. The molecule has 1 aromatic carbocycles. The van der Waals surface area contributed by atoms with E-state index >= 15 is 0 Å². The maximum absolute atomic E-state index is 5.28. The SMILES string of the molecule is COc1ccc(/C=N\Nc2nc3c(s2)CCCC3)cc1OC. The smallest absolute Gasteiger partial charge is 0.203 e. The van der Waals surface area contributed by atoms with E-state index in [-0.39, 0.29) is 0 Å². The summed E-state index contributed by atoms with van der Waals surface area (Å²) in [7, 11) is 3.24. The number of fused-ring (bicyclic) bond motifs is 1. The molecule has 0 spiro atoms. The van der Waals surface area contributed by atoms with Crippen molar-refractivity contribution < 1.29 is 9.47 Å². The van der Waals surface area contributed by atoms with Crippen LogP contribution in [0.4, 0.5) is 5.13 Å². The van der Waals surface area contributed by atoms with Crippen molar-refractivity contribution in [2.45, 2.75) is 25.7 Å². The van der Waals surface area contributed by atoms with Crippen LogP contribution in [0.1, 0.15) is 29.0 Å². The van der Waals surface area contributed by atoms with Crippen LogP contribution >= 0.6 is 11.3 Å². The third kappa shape index (κ3) is 3.22. The van der Waals surface area contributed by atoms with E-state index in [1.807, 2.05) is 18.2 Å². The Morgan fingerprint density at radius 3 is 2.77 bits per heavy atom. The molecule has 3 rings (SSSR count). The van der Waals surface area contributed by atoms with Crippen molar-refractivity contribution in [1.29, 1.82) is 0 Å². The lowest BCUT2D eigenvalue weighted by Gasteiger charge is -2.07. The molecular weight excluding hydrogens is 298 g/mol. The maximum atomic E-state index is 5.28. The Kier molecular flexibility index (Phi) is 4.58. The Hall–Kier alpha value is -2.08. The van der Waals surface area contributed by atoms with E-state index in [0.29, 0.717) is 11.5 Å². The Morgan fingerprint density at radius 1 is 1.18 bits per heavy atom. The molecule has 0 bridgehead atoms. The van der Waals surface area contributed by atoms with Crippen LogP contribution in [0.5, 0.6) is 11.5 Å². The van der Waals surface area contributed by atoms with Crippen LogP contribution in [0.15, 0.2) is 23.3 Å². The fourth-order valence-electron chi connectivity index (χ4n) is 2.49. The van der Waals surface area contributed by atoms with Crippen LogP contribution in [0.3, 0.4) is 0 Å². The topological polar surface area (TPSA) is 55.7 Å². The van der Waals surface area contributed by atoms with Gasteiger partial charge < -0.3 is 9.47 Å². The van der Waals surface area contributed by atoms with Crippen molar-refractivity contribution in [2.24, 2.45) is 5.10 Å². The molecule has 0 amide bonds. The number of hydrazone groups is 1. The van der Waals surface area contributed by atoms with Crippen molar-refractivity contribution >= 4 is 22.7 Å². The molecule has 0 aliphatic heterocycles. The predicted octanol–water partition coefficient (Wildman–Crippen LogP) is 3.49. The predicted molar refractivity (Wildman–Crippen MR) is 89.5 cm³/mol. The second-order valence-electron chi connectivity index (χ2n) is 5.08. The largest absolute Gasteiger partial charge is 0.493 e. The number of aromatic nitrogens is 1. The minimum absolute atomic E-state index is 0.691. The number of rotatable bonds is 5. The lowest BCUT2D eigenvalue weighted by molar-refractivity contribution is 0.355. The highest BCUT2D eigenvalue weighted by Crippen LogP contribution is 2.29. The average molecular weight is 317 g/mol. The summed E-state index contributed by atoms with van der Waals surface area (Å²) < 4.78 is 10.5. The molecule has 1 aliphatic rings. The molecular formula is C16H19N3O2S. The van der Waals surface area contributed by atoms with Gasteiger partial charge in [0.1, 0.15) is 0 Å². The van der Waals surface area contributed by atoms with E-state index in [1.165, 1.54) is 23.4 Å². The number of nitrogens with one attached hydrogen (secondary N) is 1. The number of methoxy groups -OCH3 is 2. The maximum Gasteiger partial charge on any atom is 0.203 e. The van der Waals surface area contributed by atoms with Crippen LogP contribution < -0.4 is 14.9 Å². The zero-order chi connectivity index (χ0) is 15.4. The van der Waals surface area contributed by atoms with Gasteiger partial charge in [-0.25, -0.2) is 4.98 Å². The van der Waals surface area contributed by atoms with Crippen molar-refractivity contribution in [1.82, 2.24) is 4.98 Å². The van der Waals surface area contributed by atoms with E-state index in [9.17, 15) is 0 Å². The van der Waals surface area contributed by atoms with Gasteiger partial charge in [0, 0.05) is 4.88 Å². The Labute approximate surface area is 134 Å². The molecule has 5 nitrogen and oxygen atoms in total. The first kappa shape index (κ1) is 14.8.